The molecule has 0 atom stereocenters. The van der Waals surface area contributed by atoms with E-state index < -0.39 is 5.97 Å². The minimum Gasteiger partial charge on any atom is -0.466 e. The molecule has 0 amide bonds. The number of rotatable bonds is 3. The highest BCUT2D eigenvalue weighted by Gasteiger charge is 2.10. The van der Waals surface area contributed by atoms with Crippen LogP contribution in [0.25, 0.3) is 0 Å². The Morgan fingerprint density at radius 1 is 1.55 bits per heavy atom. The fraction of sp³-hybridized carbons (Fsp3) is 0.429. The third kappa shape index (κ3) is 3.78. The number of halogens is 1. The van der Waals surface area contributed by atoms with Gasteiger partial charge < -0.3 is 4.74 Å². The minimum atomic E-state index is -0.560. The van der Waals surface area contributed by atoms with Gasteiger partial charge in [0, 0.05) is 12.0 Å². The van der Waals surface area contributed by atoms with Crippen LogP contribution < -0.4 is 0 Å². The van der Waals surface area contributed by atoms with Gasteiger partial charge in [-0.05, 0) is 6.92 Å². The van der Waals surface area contributed by atoms with Crippen LogP contribution in [0.5, 0.6) is 0 Å². The van der Waals surface area contributed by atoms with E-state index in [-0.39, 0.29) is 17.8 Å². The summed E-state index contributed by atoms with van der Waals surface area (Å²) < 4.78 is 4.36. The Morgan fingerprint density at radius 2 is 2.09 bits per heavy atom. The molecule has 62 valence electrons. The van der Waals surface area contributed by atoms with Gasteiger partial charge in [-0.1, -0.05) is 11.6 Å². The molecule has 0 aliphatic rings. The summed E-state index contributed by atoms with van der Waals surface area (Å²) in [7, 11) is 1.24. The summed E-state index contributed by atoms with van der Waals surface area (Å²) in [6, 6.07) is 0. The largest absolute Gasteiger partial charge is 0.466 e. The Kier molecular flexibility index (Phi) is 4.54. The first-order chi connectivity index (χ1) is 5.11. The van der Waals surface area contributed by atoms with E-state index >= 15 is 0 Å². The van der Waals surface area contributed by atoms with E-state index in [1.807, 2.05) is 0 Å². The molecule has 0 aromatic carbocycles. The first-order valence-electron chi connectivity index (χ1n) is 2.98. The Morgan fingerprint density at radius 3 is 2.36 bits per heavy atom. The molecule has 0 fully saturated rings. The van der Waals surface area contributed by atoms with E-state index in [9.17, 15) is 9.59 Å². The smallest absolute Gasteiger partial charge is 0.335 e. The van der Waals surface area contributed by atoms with Crippen molar-refractivity contribution >= 4 is 23.4 Å². The lowest BCUT2D eigenvalue weighted by molar-refractivity contribution is -0.137. The second-order valence-corrected chi connectivity index (χ2v) is 2.22. The summed E-state index contributed by atoms with van der Waals surface area (Å²) in [6.07, 6.45) is 0.0240. The van der Waals surface area contributed by atoms with Crippen molar-refractivity contribution in [1.29, 1.82) is 0 Å². The number of ketones is 1. The molecule has 0 heterocycles. The maximum Gasteiger partial charge on any atom is 0.335 e. The molecule has 0 aliphatic heterocycles. The Bertz CT molecular complexity index is 196. The van der Waals surface area contributed by atoms with Gasteiger partial charge in [-0.25, -0.2) is 4.79 Å². The van der Waals surface area contributed by atoms with Gasteiger partial charge in [0.25, 0.3) is 0 Å². The van der Waals surface area contributed by atoms with Crippen LogP contribution >= 0.6 is 11.6 Å². The molecule has 0 unspecified atom stereocenters. The predicted molar refractivity (Wildman–Crippen MR) is 41.3 cm³/mol. The zero-order valence-electron chi connectivity index (χ0n) is 6.39. The molecule has 0 aromatic heterocycles. The van der Waals surface area contributed by atoms with Gasteiger partial charge in [-0.15, -0.1) is 0 Å². The highest BCUT2D eigenvalue weighted by Crippen LogP contribution is 2.05. The third-order valence-electron chi connectivity index (χ3n) is 1.02. The van der Waals surface area contributed by atoms with Crippen molar-refractivity contribution in [3.8, 4) is 0 Å². The van der Waals surface area contributed by atoms with Gasteiger partial charge >= 0.3 is 5.97 Å². The molecule has 0 spiro atoms. The fourth-order valence-electron chi connectivity index (χ4n) is 0.555. The number of hydrogen-bond acceptors (Lipinski definition) is 3. The van der Waals surface area contributed by atoms with E-state index in [4.69, 9.17) is 11.6 Å². The molecule has 4 heteroatoms. The van der Waals surface area contributed by atoms with Crippen molar-refractivity contribution in [2.24, 2.45) is 0 Å². The van der Waals surface area contributed by atoms with E-state index in [1.165, 1.54) is 14.0 Å². The first kappa shape index (κ1) is 10.2. The normalized spacial score (nSPS) is 11.0. The molecule has 0 saturated heterocycles. The van der Waals surface area contributed by atoms with Gasteiger partial charge in [0.2, 0.25) is 0 Å². The summed E-state index contributed by atoms with van der Waals surface area (Å²) in [5.74, 6) is -0.683. The number of hydrogen-bond donors (Lipinski definition) is 0. The van der Waals surface area contributed by atoms with Crippen molar-refractivity contribution in [3.63, 3.8) is 0 Å². The van der Waals surface area contributed by atoms with Crippen LogP contribution in [0, 0.1) is 0 Å². The van der Waals surface area contributed by atoms with Crippen LogP contribution in [0.4, 0.5) is 0 Å². The van der Waals surface area contributed by atoms with Crippen LogP contribution in [-0.4, -0.2) is 18.9 Å². The molecular formula is C7H9ClO3. The summed E-state index contributed by atoms with van der Waals surface area (Å²) in [6.45, 7) is 1.38. The van der Waals surface area contributed by atoms with Gasteiger partial charge in [0.1, 0.15) is 5.78 Å². The number of esters is 1. The number of methoxy groups -OCH3 is 1. The Balaban J connectivity index is 4.20. The first-order valence-corrected chi connectivity index (χ1v) is 3.42. The van der Waals surface area contributed by atoms with Crippen molar-refractivity contribution in [3.05, 3.63) is 11.1 Å². The zero-order valence-corrected chi connectivity index (χ0v) is 7.14. The Hall–Kier alpha value is -0.830. The monoisotopic (exact) mass is 176 g/mol. The summed E-state index contributed by atoms with van der Waals surface area (Å²) in [4.78, 5) is 21.3. The predicted octanol–water partition coefficient (Wildman–Crippen LogP) is 1.26. The van der Waals surface area contributed by atoms with Crippen LogP contribution in [0.3, 0.4) is 0 Å². The van der Waals surface area contributed by atoms with Crippen LogP contribution in [0.2, 0.25) is 0 Å². The number of carbonyl (C=O) groups is 2. The SMILES string of the molecule is COC(=O)/C(=C/Cl)CC(C)=O. The summed E-state index contributed by atoms with van der Waals surface area (Å²) in [5.41, 5.74) is 1.24. The lowest BCUT2D eigenvalue weighted by Crippen LogP contribution is -2.07. The summed E-state index contributed by atoms with van der Waals surface area (Å²) in [5, 5.41) is 0. The van der Waals surface area contributed by atoms with Gasteiger partial charge in [0.05, 0.1) is 12.7 Å². The zero-order chi connectivity index (χ0) is 8.85. The maximum absolute atomic E-state index is 10.8. The molecular weight excluding hydrogens is 168 g/mol. The summed E-state index contributed by atoms with van der Waals surface area (Å²) >= 11 is 5.27. The molecule has 3 nitrogen and oxygen atoms in total. The second kappa shape index (κ2) is 4.91. The van der Waals surface area contributed by atoms with Crippen LogP contribution in [0.1, 0.15) is 13.3 Å². The second-order valence-electron chi connectivity index (χ2n) is 2.00. The molecule has 0 saturated carbocycles. The Labute approximate surface area is 70.0 Å². The average Bonchev–Trinajstić information content (AvgIpc) is 1.98. The highest BCUT2D eigenvalue weighted by molar-refractivity contribution is 6.27. The van der Waals surface area contributed by atoms with Gasteiger partial charge in [-0.3, -0.25) is 4.79 Å². The van der Waals surface area contributed by atoms with Gasteiger partial charge in [-0.2, -0.15) is 0 Å². The van der Waals surface area contributed by atoms with Crippen molar-refractivity contribution < 1.29 is 14.3 Å². The lowest BCUT2D eigenvalue weighted by Gasteiger charge is -1.99. The number of Topliss-reactive ketones (excluding diaryl/α,β-unsaturated/α-hetero) is 1. The molecule has 0 radical (unpaired) electrons. The van der Waals surface area contributed by atoms with E-state index in [2.05, 4.69) is 4.74 Å². The number of carbonyl (C=O) groups excluding carboxylic acids is 2. The van der Waals surface area contributed by atoms with Crippen molar-refractivity contribution in [2.75, 3.05) is 7.11 Å². The topological polar surface area (TPSA) is 43.4 Å². The molecule has 0 N–H and O–H groups in total. The third-order valence-corrected chi connectivity index (χ3v) is 1.28. The average molecular weight is 177 g/mol. The molecule has 11 heavy (non-hydrogen) atoms. The lowest BCUT2D eigenvalue weighted by atomic mass is 10.2. The standard InChI is InChI=1S/C7H9ClO3/c1-5(9)3-6(4-8)7(10)11-2/h4H,3H2,1-2H3/b6-4+. The maximum atomic E-state index is 10.8. The van der Waals surface area contributed by atoms with Crippen LogP contribution in [-0.2, 0) is 14.3 Å². The molecule has 0 aliphatic carbocycles. The van der Waals surface area contributed by atoms with E-state index in [1.54, 1.807) is 0 Å². The molecule has 0 bridgehead atoms. The van der Waals surface area contributed by atoms with Crippen molar-refractivity contribution in [2.45, 2.75) is 13.3 Å². The highest BCUT2D eigenvalue weighted by atomic mass is 35.5. The van der Waals surface area contributed by atoms with E-state index in [0.717, 1.165) is 5.54 Å². The van der Waals surface area contributed by atoms with Crippen LogP contribution in [0.15, 0.2) is 11.1 Å². The number of ether oxygens (including phenoxy) is 1. The molecule has 0 aromatic rings. The van der Waals surface area contributed by atoms with E-state index in [0.29, 0.717) is 0 Å². The molecule has 0 rings (SSSR count). The minimum absolute atomic E-state index is 0.0240. The quantitative estimate of drug-likeness (QED) is 0.480. The fourth-order valence-corrected chi connectivity index (χ4v) is 0.721. The van der Waals surface area contributed by atoms with Gasteiger partial charge in [0.15, 0.2) is 0 Å². The van der Waals surface area contributed by atoms with Crippen molar-refractivity contribution in [1.82, 2.24) is 0 Å².